The first-order chi connectivity index (χ1) is 12.9. The highest BCUT2D eigenvalue weighted by Crippen LogP contribution is 2.22. The molecule has 0 fully saturated rings. The standard InChI is InChI=1S/C19H19NO6S/c1-3-25-16-8-4-14(5-9-16)19(22)13(2)26-18(21)12-27-17-10-6-15(7-11-17)20(23)24/h4-11,13H,3,12H2,1-2H3/t13-/m0/s1. The van der Waals surface area contributed by atoms with E-state index >= 15 is 0 Å². The highest BCUT2D eigenvalue weighted by molar-refractivity contribution is 8.00. The van der Waals surface area contributed by atoms with Gasteiger partial charge in [0.1, 0.15) is 5.75 Å². The Bertz CT molecular complexity index is 804. The van der Waals surface area contributed by atoms with Crippen LogP contribution in [0.25, 0.3) is 0 Å². The van der Waals surface area contributed by atoms with Gasteiger partial charge in [-0.2, -0.15) is 0 Å². The van der Waals surface area contributed by atoms with E-state index in [9.17, 15) is 19.7 Å². The Morgan fingerprint density at radius 3 is 2.30 bits per heavy atom. The van der Waals surface area contributed by atoms with Crippen molar-refractivity contribution in [3.63, 3.8) is 0 Å². The zero-order valence-electron chi connectivity index (χ0n) is 14.9. The molecule has 0 aliphatic carbocycles. The molecule has 7 nitrogen and oxygen atoms in total. The zero-order valence-corrected chi connectivity index (χ0v) is 15.7. The number of ether oxygens (including phenoxy) is 2. The number of carbonyl (C=O) groups excluding carboxylic acids is 2. The van der Waals surface area contributed by atoms with Gasteiger partial charge in [-0.05, 0) is 50.2 Å². The van der Waals surface area contributed by atoms with Gasteiger partial charge in [-0.15, -0.1) is 11.8 Å². The Kier molecular flexibility index (Phi) is 7.36. The molecule has 0 saturated carbocycles. The smallest absolute Gasteiger partial charge is 0.316 e. The van der Waals surface area contributed by atoms with Crippen LogP contribution in [0.3, 0.4) is 0 Å². The first-order valence-electron chi connectivity index (χ1n) is 8.24. The number of nitrogens with zero attached hydrogens (tertiary/aromatic N) is 1. The van der Waals surface area contributed by atoms with E-state index in [1.165, 1.54) is 30.8 Å². The first kappa shape index (κ1) is 20.4. The van der Waals surface area contributed by atoms with Crippen LogP contribution in [0.1, 0.15) is 24.2 Å². The third-order valence-electron chi connectivity index (χ3n) is 3.53. The summed E-state index contributed by atoms with van der Waals surface area (Å²) in [6.45, 7) is 3.93. The molecule has 142 valence electrons. The van der Waals surface area contributed by atoms with Crippen molar-refractivity contribution >= 4 is 29.2 Å². The number of hydrogen-bond donors (Lipinski definition) is 0. The predicted molar refractivity (Wildman–Crippen MR) is 101 cm³/mol. The molecule has 2 aromatic rings. The van der Waals surface area contributed by atoms with Gasteiger partial charge in [0.15, 0.2) is 6.10 Å². The van der Waals surface area contributed by atoms with Crippen LogP contribution in [0.2, 0.25) is 0 Å². The molecule has 0 spiro atoms. The maximum Gasteiger partial charge on any atom is 0.316 e. The summed E-state index contributed by atoms with van der Waals surface area (Å²) in [6.07, 6.45) is -0.909. The van der Waals surface area contributed by atoms with Gasteiger partial charge in [-0.25, -0.2) is 0 Å². The molecule has 0 aliphatic rings. The van der Waals surface area contributed by atoms with Gasteiger partial charge >= 0.3 is 5.97 Å². The lowest BCUT2D eigenvalue weighted by Gasteiger charge is -2.12. The molecule has 0 aliphatic heterocycles. The van der Waals surface area contributed by atoms with Crippen molar-refractivity contribution in [1.29, 1.82) is 0 Å². The van der Waals surface area contributed by atoms with E-state index in [1.54, 1.807) is 36.4 Å². The maximum atomic E-state index is 12.3. The van der Waals surface area contributed by atoms with Crippen molar-refractivity contribution in [1.82, 2.24) is 0 Å². The van der Waals surface area contributed by atoms with Gasteiger partial charge in [0, 0.05) is 22.6 Å². The summed E-state index contributed by atoms with van der Waals surface area (Å²) >= 11 is 1.18. The van der Waals surface area contributed by atoms with Gasteiger partial charge in [0.05, 0.1) is 17.3 Å². The minimum Gasteiger partial charge on any atom is -0.494 e. The third-order valence-corrected chi connectivity index (χ3v) is 4.52. The molecule has 27 heavy (non-hydrogen) atoms. The third kappa shape index (κ3) is 6.10. The van der Waals surface area contributed by atoms with Crippen LogP contribution in [-0.2, 0) is 9.53 Å². The molecule has 0 aromatic heterocycles. The van der Waals surface area contributed by atoms with E-state index in [2.05, 4.69) is 0 Å². The quantitative estimate of drug-likeness (QED) is 0.211. The summed E-state index contributed by atoms with van der Waals surface area (Å²) in [5, 5.41) is 10.6. The van der Waals surface area contributed by atoms with Crippen LogP contribution in [0.15, 0.2) is 53.4 Å². The molecular weight excluding hydrogens is 370 g/mol. The normalized spacial score (nSPS) is 11.5. The molecule has 0 unspecified atom stereocenters. The molecule has 0 radical (unpaired) electrons. The summed E-state index contributed by atoms with van der Waals surface area (Å²) in [4.78, 5) is 35.1. The number of nitro groups is 1. The average Bonchev–Trinajstić information content (AvgIpc) is 2.67. The number of thioether (sulfide) groups is 1. The average molecular weight is 389 g/mol. The van der Waals surface area contributed by atoms with Gasteiger partial charge < -0.3 is 9.47 Å². The fourth-order valence-electron chi connectivity index (χ4n) is 2.21. The minimum atomic E-state index is -0.909. The molecule has 0 N–H and O–H groups in total. The Morgan fingerprint density at radius 1 is 1.11 bits per heavy atom. The topological polar surface area (TPSA) is 95.7 Å². The molecule has 0 bridgehead atoms. The summed E-state index contributed by atoms with van der Waals surface area (Å²) in [7, 11) is 0. The van der Waals surface area contributed by atoms with Gasteiger partial charge in [0.25, 0.3) is 5.69 Å². The second-order valence-electron chi connectivity index (χ2n) is 5.49. The van der Waals surface area contributed by atoms with Gasteiger partial charge in [-0.1, -0.05) is 0 Å². The number of carbonyl (C=O) groups is 2. The Hall–Kier alpha value is -2.87. The molecule has 2 rings (SSSR count). The zero-order chi connectivity index (χ0) is 19.8. The molecule has 0 amide bonds. The number of esters is 1. The highest BCUT2D eigenvalue weighted by atomic mass is 32.2. The van der Waals surface area contributed by atoms with Crippen LogP contribution in [0.4, 0.5) is 5.69 Å². The lowest BCUT2D eigenvalue weighted by Crippen LogP contribution is -2.25. The second-order valence-corrected chi connectivity index (χ2v) is 6.54. The number of hydrogen-bond acceptors (Lipinski definition) is 7. The summed E-state index contributed by atoms with van der Waals surface area (Å²) in [5.74, 6) is -0.173. The largest absolute Gasteiger partial charge is 0.494 e. The van der Waals surface area contributed by atoms with Crippen molar-refractivity contribution < 1.29 is 24.0 Å². The monoisotopic (exact) mass is 389 g/mol. The van der Waals surface area contributed by atoms with Crippen molar-refractivity contribution in [3.8, 4) is 5.75 Å². The Morgan fingerprint density at radius 2 is 1.74 bits per heavy atom. The van der Waals surface area contributed by atoms with Crippen molar-refractivity contribution in [3.05, 3.63) is 64.2 Å². The lowest BCUT2D eigenvalue weighted by atomic mass is 10.1. The molecule has 1 atom stereocenters. The van der Waals surface area contributed by atoms with Gasteiger partial charge in [0.2, 0.25) is 5.78 Å². The fraction of sp³-hybridized carbons (Fsp3) is 0.263. The van der Waals surface area contributed by atoms with Crippen molar-refractivity contribution in [2.75, 3.05) is 12.4 Å². The Balaban J connectivity index is 1.85. The first-order valence-corrected chi connectivity index (χ1v) is 9.23. The van der Waals surface area contributed by atoms with E-state index in [-0.39, 0.29) is 17.2 Å². The molecular formula is C19H19NO6S. The predicted octanol–water partition coefficient (Wildman–Crippen LogP) is 3.90. The SMILES string of the molecule is CCOc1ccc(C(=O)[C@H](C)OC(=O)CSc2ccc([N+](=O)[O-])cc2)cc1. The van der Waals surface area contributed by atoms with Crippen LogP contribution in [0, 0.1) is 10.1 Å². The van der Waals surface area contributed by atoms with Crippen molar-refractivity contribution in [2.24, 2.45) is 0 Å². The number of ketones is 1. The Labute approximate surface area is 160 Å². The lowest BCUT2D eigenvalue weighted by molar-refractivity contribution is -0.384. The highest BCUT2D eigenvalue weighted by Gasteiger charge is 2.19. The van der Waals surface area contributed by atoms with E-state index < -0.39 is 17.0 Å². The molecule has 8 heteroatoms. The molecule has 2 aromatic carbocycles. The van der Waals surface area contributed by atoms with E-state index in [4.69, 9.17) is 9.47 Å². The van der Waals surface area contributed by atoms with Crippen LogP contribution >= 0.6 is 11.8 Å². The summed E-state index contributed by atoms with van der Waals surface area (Å²) in [6, 6.07) is 12.5. The number of benzene rings is 2. The fourth-order valence-corrected chi connectivity index (χ4v) is 2.89. The number of non-ortho nitro benzene ring substituents is 1. The summed E-state index contributed by atoms with van der Waals surface area (Å²) < 4.78 is 10.5. The van der Waals surface area contributed by atoms with Crippen LogP contribution < -0.4 is 4.74 Å². The van der Waals surface area contributed by atoms with Crippen LogP contribution in [0.5, 0.6) is 5.75 Å². The van der Waals surface area contributed by atoms with E-state index in [1.807, 2.05) is 6.92 Å². The van der Waals surface area contributed by atoms with Crippen molar-refractivity contribution in [2.45, 2.75) is 24.8 Å². The maximum absolute atomic E-state index is 12.3. The number of nitro benzene ring substituents is 1. The molecule has 0 heterocycles. The second kappa shape index (κ2) is 9.72. The van der Waals surface area contributed by atoms with Crippen LogP contribution in [-0.4, -0.2) is 35.1 Å². The number of Topliss-reactive ketones (excluding diaryl/α,β-unsaturated/α-hetero) is 1. The minimum absolute atomic E-state index is 0.00128. The van der Waals surface area contributed by atoms with Gasteiger partial charge in [-0.3, -0.25) is 19.7 Å². The molecule has 0 saturated heterocycles. The van der Waals surface area contributed by atoms with E-state index in [0.717, 1.165) is 0 Å². The van der Waals surface area contributed by atoms with E-state index in [0.29, 0.717) is 22.8 Å². The number of rotatable bonds is 9. The summed E-state index contributed by atoms with van der Waals surface area (Å²) in [5.41, 5.74) is 0.415.